The second-order valence-electron chi connectivity index (χ2n) is 4.41. The number of benzene rings is 1. The normalized spacial score (nSPS) is 12.6. The topological polar surface area (TPSA) is 72.5 Å². The Hall–Kier alpha value is -1.07. The fourth-order valence-corrected chi connectivity index (χ4v) is 2.40. The van der Waals surface area contributed by atoms with Crippen molar-refractivity contribution >= 4 is 21.9 Å². The Morgan fingerprint density at radius 2 is 2.11 bits per heavy atom. The lowest BCUT2D eigenvalue weighted by Crippen LogP contribution is -2.22. The second-order valence-corrected chi connectivity index (χ2v) is 5.20. The minimum Gasteiger partial charge on any atom is -0.496 e. The van der Waals surface area contributed by atoms with E-state index in [1.807, 2.05) is 26.0 Å². The van der Waals surface area contributed by atoms with Crippen LogP contribution in [-0.2, 0) is 4.79 Å². The van der Waals surface area contributed by atoms with Crippen molar-refractivity contribution in [2.24, 2.45) is 5.73 Å². The van der Waals surface area contributed by atoms with Crippen LogP contribution in [-0.4, -0.2) is 24.7 Å². The molecule has 0 saturated carbocycles. The number of carbonyl (C=O) groups is 1. The first kappa shape index (κ1) is 15.0. The third kappa shape index (κ3) is 3.03. The third-order valence-electron chi connectivity index (χ3n) is 2.89. The average Bonchev–Trinajstić information content (AvgIpc) is 2.31. The standard InChI is InChI=1S/C13H18BrNO3/c1-7(2)8-4-9(10(6-15)13(16)17)12(14)11(5-8)18-3/h4-5,7,10H,6,15H2,1-3H3,(H,16,17). The summed E-state index contributed by atoms with van der Waals surface area (Å²) in [7, 11) is 1.56. The summed E-state index contributed by atoms with van der Waals surface area (Å²) >= 11 is 3.39. The Balaban J connectivity index is 3.40. The maximum atomic E-state index is 11.2. The number of carboxylic acid groups (broad SMARTS) is 1. The van der Waals surface area contributed by atoms with Gasteiger partial charge in [0.15, 0.2) is 0 Å². The van der Waals surface area contributed by atoms with Gasteiger partial charge in [-0.3, -0.25) is 4.79 Å². The summed E-state index contributed by atoms with van der Waals surface area (Å²) in [6.07, 6.45) is 0. The highest BCUT2D eigenvalue weighted by atomic mass is 79.9. The molecule has 4 nitrogen and oxygen atoms in total. The van der Waals surface area contributed by atoms with Crippen molar-refractivity contribution in [2.75, 3.05) is 13.7 Å². The van der Waals surface area contributed by atoms with Crippen molar-refractivity contribution in [3.63, 3.8) is 0 Å². The number of rotatable bonds is 5. The van der Waals surface area contributed by atoms with Crippen LogP contribution in [0.2, 0.25) is 0 Å². The van der Waals surface area contributed by atoms with Crippen LogP contribution in [0.1, 0.15) is 36.8 Å². The summed E-state index contributed by atoms with van der Waals surface area (Å²) in [5.74, 6) is -0.734. The summed E-state index contributed by atoms with van der Waals surface area (Å²) in [5.41, 5.74) is 7.24. The SMILES string of the molecule is COc1cc(C(C)C)cc(C(CN)C(=O)O)c1Br. The van der Waals surface area contributed by atoms with E-state index < -0.39 is 11.9 Å². The summed E-state index contributed by atoms with van der Waals surface area (Å²) in [5, 5.41) is 9.20. The fraction of sp³-hybridized carbons (Fsp3) is 0.462. The summed E-state index contributed by atoms with van der Waals surface area (Å²) in [4.78, 5) is 11.2. The smallest absolute Gasteiger partial charge is 0.312 e. The average molecular weight is 316 g/mol. The number of hydrogen-bond acceptors (Lipinski definition) is 3. The van der Waals surface area contributed by atoms with Crippen LogP contribution < -0.4 is 10.5 Å². The number of ether oxygens (including phenoxy) is 1. The molecule has 1 rings (SSSR count). The van der Waals surface area contributed by atoms with E-state index in [0.717, 1.165) is 5.56 Å². The molecule has 0 aliphatic heterocycles. The number of halogens is 1. The number of hydrogen-bond donors (Lipinski definition) is 2. The van der Waals surface area contributed by atoms with Crippen molar-refractivity contribution in [3.8, 4) is 5.75 Å². The molecular weight excluding hydrogens is 298 g/mol. The van der Waals surface area contributed by atoms with Gasteiger partial charge in [-0.2, -0.15) is 0 Å². The number of nitrogens with two attached hydrogens (primary N) is 1. The number of aliphatic carboxylic acids is 1. The van der Waals surface area contributed by atoms with Gasteiger partial charge in [-0.25, -0.2) is 0 Å². The molecule has 0 spiro atoms. The molecule has 18 heavy (non-hydrogen) atoms. The lowest BCUT2D eigenvalue weighted by Gasteiger charge is -2.18. The third-order valence-corrected chi connectivity index (χ3v) is 3.73. The quantitative estimate of drug-likeness (QED) is 0.876. The van der Waals surface area contributed by atoms with Gasteiger partial charge in [-0.1, -0.05) is 19.9 Å². The minimum absolute atomic E-state index is 0.0542. The molecule has 0 amide bonds. The Bertz CT molecular complexity index is 446. The van der Waals surface area contributed by atoms with E-state index in [2.05, 4.69) is 15.9 Å². The van der Waals surface area contributed by atoms with E-state index in [4.69, 9.17) is 10.5 Å². The first-order valence-electron chi connectivity index (χ1n) is 5.72. The van der Waals surface area contributed by atoms with Crippen LogP contribution in [0.4, 0.5) is 0 Å². The maximum absolute atomic E-state index is 11.2. The molecule has 0 bridgehead atoms. The van der Waals surface area contributed by atoms with Gasteiger partial charge in [0.2, 0.25) is 0 Å². The van der Waals surface area contributed by atoms with Crippen molar-refractivity contribution in [1.82, 2.24) is 0 Å². The van der Waals surface area contributed by atoms with Crippen molar-refractivity contribution in [2.45, 2.75) is 25.7 Å². The Labute approximate surface area is 115 Å². The van der Waals surface area contributed by atoms with Gasteiger partial charge >= 0.3 is 5.97 Å². The van der Waals surface area contributed by atoms with E-state index in [9.17, 15) is 9.90 Å². The lowest BCUT2D eigenvalue weighted by atomic mass is 9.93. The molecule has 1 unspecified atom stereocenters. The van der Waals surface area contributed by atoms with Gasteiger partial charge in [-0.05, 0) is 39.0 Å². The van der Waals surface area contributed by atoms with E-state index in [-0.39, 0.29) is 12.5 Å². The van der Waals surface area contributed by atoms with Crippen molar-refractivity contribution in [1.29, 1.82) is 0 Å². The molecular formula is C13H18BrNO3. The molecule has 3 N–H and O–H groups in total. The van der Waals surface area contributed by atoms with Crippen LogP contribution >= 0.6 is 15.9 Å². The first-order chi connectivity index (χ1) is 8.42. The van der Waals surface area contributed by atoms with Gasteiger partial charge in [-0.15, -0.1) is 0 Å². The first-order valence-corrected chi connectivity index (χ1v) is 6.51. The molecule has 0 saturated heterocycles. The zero-order chi connectivity index (χ0) is 13.9. The second kappa shape index (κ2) is 6.20. The summed E-state index contributed by atoms with van der Waals surface area (Å²) in [6.45, 7) is 4.15. The van der Waals surface area contributed by atoms with Gasteiger partial charge < -0.3 is 15.6 Å². The number of carboxylic acids is 1. The Morgan fingerprint density at radius 1 is 1.50 bits per heavy atom. The molecule has 5 heteroatoms. The van der Waals surface area contributed by atoms with Crippen LogP contribution in [0, 0.1) is 0 Å². The van der Waals surface area contributed by atoms with Crippen molar-refractivity contribution < 1.29 is 14.6 Å². The molecule has 0 fully saturated rings. The monoisotopic (exact) mass is 315 g/mol. The van der Waals surface area contributed by atoms with E-state index in [1.54, 1.807) is 7.11 Å². The zero-order valence-electron chi connectivity index (χ0n) is 10.7. The van der Waals surface area contributed by atoms with E-state index in [0.29, 0.717) is 15.8 Å². The highest BCUT2D eigenvalue weighted by molar-refractivity contribution is 9.10. The molecule has 0 aliphatic carbocycles. The molecule has 0 aromatic heterocycles. The predicted octanol–water partition coefficient (Wildman–Crippen LogP) is 2.71. The highest BCUT2D eigenvalue weighted by Crippen LogP contribution is 2.36. The summed E-state index contributed by atoms with van der Waals surface area (Å²) < 4.78 is 5.93. The molecule has 0 heterocycles. The fourth-order valence-electron chi connectivity index (χ4n) is 1.74. The minimum atomic E-state index is -0.929. The van der Waals surface area contributed by atoms with Gasteiger partial charge in [0, 0.05) is 6.54 Å². The molecule has 0 aliphatic rings. The Kier molecular flexibility index (Phi) is 5.16. The maximum Gasteiger partial charge on any atom is 0.312 e. The highest BCUT2D eigenvalue weighted by Gasteiger charge is 2.23. The molecule has 0 radical (unpaired) electrons. The van der Waals surface area contributed by atoms with Gasteiger partial charge in [0.1, 0.15) is 5.75 Å². The predicted molar refractivity (Wildman–Crippen MR) is 74.2 cm³/mol. The zero-order valence-corrected chi connectivity index (χ0v) is 12.3. The van der Waals surface area contributed by atoms with Gasteiger partial charge in [0.05, 0.1) is 17.5 Å². The summed E-state index contributed by atoms with van der Waals surface area (Å²) in [6, 6.07) is 3.79. The van der Waals surface area contributed by atoms with Gasteiger partial charge in [0.25, 0.3) is 0 Å². The molecule has 1 atom stereocenters. The molecule has 100 valence electrons. The van der Waals surface area contributed by atoms with E-state index in [1.165, 1.54) is 0 Å². The molecule has 1 aromatic carbocycles. The molecule has 1 aromatic rings. The van der Waals surface area contributed by atoms with Crippen LogP contribution in [0.25, 0.3) is 0 Å². The largest absolute Gasteiger partial charge is 0.496 e. The lowest BCUT2D eigenvalue weighted by molar-refractivity contribution is -0.138. The number of methoxy groups -OCH3 is 1. The van der Waals surface area contributed by atoms with E-state index >= 15 is 0 Å². The van der Waals surface area contributed by atoms with Crippen molar-refractivity contribution in [3.05, 3.63) is 27.7 Å². The van der Waals surface area contributed by atoms with Crippen LogP contribution in [0.3, 0.4) is 0 Å². The van der Waals surface area contributed by atoms with Crippen LogP contribution in [0.15, 0.2) is 16.6 Å². The Morgan fingerprint density at radius 3 is 2.50 bits per heavy atom. The van der Waals surface area contributed by atoms with Crippen LogP contribution in [0.5, 0.6) is 5.75 Å².